The van der Waals surface area contributed by atoms with Crippen molar-refractivity contribution in [3.63, 3.8) is 0 Å². The van der Waals surface area contributed by atoms with E-state index in [1.54, 1.807) is 12.1 Å². The van der Waals surface area contributed by atoms with Gasteiger partial charge in [0.05, 0.1) is 11.1 Å². The summed E-state index contributed by atoms with van der Waals surface area (Å²) in [5, 5.41) is 0.581. The van der Waals surface area contributed by atoms with Crippen LogP contribution in [0.4, 0.5) is 13.2 Å². The Bertz CT molecular complexity index is 544. The summed E-state index contributed by atoms with van der Waals surface area (Å²) in [4.78, 5) is 3.87. The van der Waals surface area contributed by atoms with Crippen molar-refractivity contribution in [3.8, 4) is 0 Å². The van der Waals surface area contributed by atoms with Gasteiger partial charge in [-0.2, -0.15) is 13.2 Å². The van der Waals surface area contributed by atoms with Crippen molar-refractivity contribution in [2.24, 2.45) is 0 Å². The lowest BCUT2D eigenvalue weighted by molar-refractivity contribution is -0.136. The van der Waals surface area contributed by atoms with Crippen molar-refractivity contribution in [1.29, 1.82) is 0 Å². The van der Waals surface area contributed by atoms with Gasteiger partial charge in [0, 0.05) is 11.6 Å². The minimum Gasteiger partial charge on any atom is -0.256 e. The second-order valence-electron chi connectivity index (χ2n) is 4.25. The van der Waals surface area contributed by atoms with Crippen molar-refractivity contribution in [1.82, 2.24) is 4.98 Å². The quantitative estimate of drug-likeness (QED) is 0.719. The van der Waals surface area contributed by atoms with E-state index in [1.165, 1.54) is 12.3 Å². The van der Waals surface area contributed by atoms with Crippen LogP contribution in [0.3, 0.4) is 0 Å². The molecule has 0 spiro atoms. The molecule has 0 radical (unpaired) electrons. The van der Waals surface area contributed by atoms with Crippen molar-refractivity contribution in [2.75, 3.05) is 0 Å². The normalized spacial score (nSPS) is 12.4. The van der Waals surface area contributed by atoms with E-state index in [2.05, 4.69) is 4.98 Å². The first kappa shape index (κ1) is 11.9. The van der Waals surface area contributed by atoms with Crippen LogP contribution in [0.2, 0.25) is 0 Å². The molecule has 0 saturated carbocycles. The summed E-state index contributed by atoms with van der Waals surface area (Å²) in [6.07, 6.45) is -2.97. The van der Waals surface area contributed by atoms with E-state index < -0.39 is 11.7 Å². The first-order chi connectivity index (χ1) is 7.91. The van der Waals surface area contributed by atoms with E-state index in [9.17, 15) is 13.2 Å². The van der Waals surface area contributed by atoms with Gasteiger partial charge in [-0.15, -0.1) is 0 Å². The molecular formula is C13H12F3N. The largest absolute Gasteiger partial charge is 0.418 e. The molecule has 0 saturated heterocycles. The molecule has 1 aromatic heterocycles. The number of halogens is 3. The summed E-state index contributed by atoms with van der Waals surface area (Å²) in [5.41, 5.74) is 0.254. The van der Waals surface area contributed by atoms with Gasteiger partial charge in [0.1, 0.15) is 0 Å². The van der Waals surface area contributed by atoms with Crippen LogP contribution in [-0.2, 0) is 6.18 Å². The third-order valence-corrected chi connectivity index (χ3v) is 2.73. The van der Waals surface area contributed by atoms with Crippen LogP contribution in [0.15, 0.2) is 30.5 Å². The fraction of sp³-hybridized carbons (Fsp3) is 0.308. The smallest absolute Gasteiger partial charge is 0.256 e. The topological polar surface area (TPSA) is 12.9 Å². The molecule has 2 aromatic rings. The van der Waals surface area contributed by atoms with Crippen LogP contribution >= 0.6 is 0 Å². The predicted octanol–water partition coefficient (Wildman–Crippen LogP) is 4.38. The molecule has 0 atom stereocenters. The van der Waals surface area contributed by atoms with E-state index in [1.807, 2.05) is 13.8 Å². The van der Waals surface area contributed by atoms with Crippen LogP contribution in [-0.4, -0.2) is 4.98 Å². The summed E-state index contributed by atoms with van der Waals surface area (Å²) in [7, 11) is 0. The van der Waals surface area contributed by atoms with Crippen molar-refractivity contribution >= 4 is 10.9 Å². The molecule has 0 unspecified atom stereocenters. The van der Waals surface area contributed by atoms with Crippen molar-refractivity contribution in [3.05, 3.63) is 41.6 Å². The number of pyridine rings is 1. The van der Waals surface area contributed by atoms with E-state index in [0.29, 0.717) is 5.39 Å². The molecule has 0 bridgehead atoms. The molecule has 1 nitrogen and oxygen atoms in total. The standard InChI is InChI=1S/C13H12F3N/c1-8(2)9-5-6-11(13(14,15)16)12-10(9)4-3-7-17-12/h3-8H,1-2H3. The van der Waals surface area contributed by atoms with Crippen LogP contribution in [0.1, 0.15) is 30.9 Å². The highest BCUT2D eigenvalue weighted by Crippen LogP contribution is 2.36. The number of alkyl halides is 3. The van der Waals surface area contributed by atoms with Gasteiger partial charge < -0.3 is 0 Å². The van der Waals surface area contributed by atoms with Crippen LogP contribution < -0.4 is 0 Å². The SMILES string of the molecule is CC(C)c1ccc(C(F)(F)F)c2ncccc12. The van der Waals surface area contributed by atoms with Crippen molar-refractivity contribution < 1.29 is 13.2 Å². The Hall–Kier alpha value is -1.58. The lowest BCUT2D eigenvalue weighted by Crippen LogP contribution is -2.07. The van der Waals surface area contributed by atoms with Gasteiger partial charge >= 0.3 is 6.18 Å². The van der Waals surface area contributed by atoms with Crippen LogP contribution in [0.5, 0.6) is 0 Å². The zero-order valence-electron chi connectivity index (χ0n) is 9.55. The molecule has 1 heterocycles. The maximum atomic E-state index is 12.8. The van der Waals surface area contributed by atoms with Gasteiger partial charge in [0.25, 0.3) is 0 Å². The maximum Gasteiger partial charge on any atom is 0.418 e. The number of hydrogen-bond donors (Lipinski definition) is 0. The molecule has 0 aliphatic carbocycles. The molecule has 90 valence electrons. The number of hydrogen-bond acceptors (Lipinski definition) is 1. The highest BCUT2D eigenvalue weighted by Gasteiger charge is 2.33. The maximum absolute atomic E-state index is 12.8. The number of fused-ring (bicyclic) bond motifs is 1. The predicted molar refractivity (Wildman–Crippen MR) is 60.8 cm³/mol. The first-order valence-electron chi connectivity index (χ1n) is 5.36. The fourth-order valence-electron chi connectivity index (χ4n) is 1.93. The van der Waals surface area contributed by atoms with E-state index in [0.717, 1.165) is 11.6 Å². The average molecular weight is 239 g/mol. The number of aromatic nitrogens is 1. The van der Waals surface area contributed by atoms with Crippen molar-refractivity contribution in [2.45, 2.75) is 25.9 Å². The minimum absolute atomic E-state index is 0.0335. The molecule has 0 N–H and O–H groups in total. The lowest BCUT2D eigenvalue weighted by atomic mass is 9.96. The van der Waals surface area contributed by atoms with Crippen LogP contribution in [0, 0.1) is 0 Å². The Morgan fingerprint density at radius 1 is 1.12 bits per heavy atom. The Kier molecular flexibility index (Phi) is 2.81. The first-order valence-corrected chi connectivity index (χ1v) is 5.36. The Balaban J connectivity index is 2.80. The summed E-state index contributed by atoms with van der Waals surface area (Å²) in [6.45, 7) is 3.91. The zero-order valence-corrected chi connectivity index (χ0v) is 9.55. The second kappa shape index (κ2) is 4.02. The van der Waals surface area contributed by atoms with Gasteiger partial charge in [-0.25, -0.2) is 0 Å². The molecule has 1 aromatic carbocycles. The third-order valence-electron chi connectivity index (χ3n) is 2.73. The summed E-state index contributed by atoms with van der Waals surface area (Å²) in [6, 6.07) is 6.00. The highest BCUT2D eigenvalue weighted by atomic mass is 19.4. The number of rotatable bonds is 1. The summed E-state index contributed by atoms with van der Waals surface area (Å²) >= 11 is 0. The Morgan fingerprint density at radius 2 is 1.82 bits per heavy atom. The molecule has 4 heteroatoms. The molecule has 0 aliphatic heterocycles. The molecule has 0 fully saturated rings. The van der Waals surface area contributed by atoms with E-state index >= 15 is 0 Å². The molecule has 0 amide bonds. The molecule has 0 aliphatic rings. The summed E-state index contributed by atoms with van der Waals surface area (Å²) < 4.78 is 38.4. The second-order valence-corrected chi connectivity index (χ2v) is 4.25. The van der Waals surface area contributed by atoms with Gasteiger partial charge in [-0.05, 0) is 23.6 Å². The lowest BCUT2D eigenvalue weighted by Gasteiger charge is -2.14. The molecule has 17 heavy (non-hydrogen) atoms. The zero-order chi connectivity index (χ0) is 12.6. The monoisotopic (exact) mass is 239 g/mol. The molecule has 2 rings (SSSR count). The molecular weight excluding hydrogens is 227 g/mol. The Labute approximate surface area is 97.3 Å². The van der Waals surface area contributed by atoms with Gasteiger partial charge in [-0.3, -0.25) is 4.98 Å². The fourth-order valence-corrected chi connectivity index (χ4v) is 1.93. The van der Waals surface area contributed by atoms with Gasteiger partial charge in [0.2, 0.25) is 0 Å². The number of nitrogens with zero attached hydrogens (tertiary/aromatic N) is 1. The van der Waals surface area contributed by atoms with E-state index in [-0.39, 0.29) is 11.4 Å². The Morgan fingerprint density at radius 3 is 2.41 bits per heavy atom. The van der Waals surface area contributed by atoms with Gasteiger partial charge in [-0.1, -0.05) is 26.0 Å². The highest BCUT2D eigenvalue weighted by molar-refractivity contribution is 5.85. The number of benzene rings is 1. The van der Waals surface area contributed by atoms with Gasteiger partial charge in [0.15, 0.2) is 0 Å². The minimum atomic E-state index is -4.36. The summed E-state index contributed by atoms with van der Waals surface area (Å²) in [5.74, 6) is 0.170. The average Bonchev–Trinajstić information content (AvgIpc) is 2.26. The van der Waals surface area contributed by atoms with Crippen LogP contribution in [0.25, 0.3) is 10.9 Å². The third kappa shape index (κ3) is 2.12. The van der Waals surface area contributed by atoms with E-state index in [4.69, 9.17) is 0 Å².